The van der Waals surface area contributed by atoms with E-state index in [2.05, 4.69) is 0 Å². The van der Waals surface area contributed by atoms with Crippen LogP contribution in [-0.4, -0.2) is 66.3 Å². The Balaban J connectivity index is 2.92. The Morgan fingerprint density at radius 3 is 2.37 bits per heavy atom. The highest BCUT2D eigenvalue weighted by Crippen LogP contribution is 2.15. The van der Waals surface area contributed by atoms with Crippen molar-refractivity contribution in [2.24, 2.45) is 0 Å². The lowest BCUT2D eigenvalue weighted by atomic mass is 10.1. The van der Waals surface area contributed by atoms with Gasteiger partial charge in [-0.05, 0) is 11.4 Å². The molecule has 1 atom stereocenters. The molecular weight excluding hydrogens is 266 g/mol. The van der Waals surface area contributed by atoms with Crippen molar-refractivity contribution < 1.29 is 14.7 Å². The average Bonchev–Trinajstić information content (AvgIpc) is 2.85. The molecule has 1 rings (SSSR count). The summed E-state index contributed by atoms with van der Waals surface area (Å²) in [6.45, 7) is 0. The number of rotatable bonds is 5. The summed E-state index contributed by atoms with van der Waals surface area (Å²) in [5, 5.41) is 14.0. The molecule has 19 heavy (non-hydrogen) atoms. The van der Waals surface area contributed by atoms with Gasteiger partial charge in [0.25, 0.3) is 5.91 Å². The molecule has 0 bridgehead atoms. The maximum Gasteiger partial charge on any atom is 0.407 e. The molecule has 0 saturated carbocycles. The summed E-state index contributed by atoms with van der Waals surface area (Å²) in [5.74, 6) is -0.247. The molecule has 0 aliphatic rings. The minimum Gasteiger partial charge on any atom is -0.465 e. The largest absolute Gasteiger partial charge is 0.465 e. The molecule has 0 aliphatic heterocycles. The molecule has 1 unspecified atom stereocenters. The molecule has 1 aromatic heterocycles. The topological polar surface area (TPSA) is 64.1 Å². The first kappa shape index (κ1) is 15.5. The van der Waals surface area contributed by atoms with E-state index < -0.39 is 12.1 Å². The molecule has 1 heterocycles. The van der Waals surface area contributed by atoms with Crippen molar-refractivity contribution in [1.29, 1.82) is 0 Å². The predicted octanol–water partition coefficient (Wildman–Crippen LogP) is 1.20. The number of carbonyl (C=O) groups is 2. The van der Waals surface area contributed by atoms with Crippen molar-refractivity contribution >= 4 is 23.3 Å². The fraction of sp³-hybridized carbons (Fsp3) is 0.500. The molecule has 0 spiro atoms. The molecule has 1 N–H and O–H groups in total. The molecule has 1 aromatic rings. The van der Waals surface area contributed by atoms with Crippen molar-refractivity contribution in [1.82, 2.24) is 14.9 Å². The van der Waals surface area contributed by atoms with Gasteiger partial charge in [0, 0.05) is 39.5 Å². The monoisotopic (exact) mass is 285 g/mol. The Hall–Kier alpha value is -1.60. The normalized spacial score (nSPS) is 12.3. The molecule has 0 aliphatic carbocycles. The summed E-state index contributed by atoms with van der Waals surface area (Å²) in [4.78, 5) is 25.5. The van der Waals surface area contributed by atoms with Crippen molar-refractivity contribution in [3.63, 3.8) is 0 Å². The first-order chi connectivity index (χ1) is 8.84. The van der Waals surface area contributed by atoms with Gasteiger partial charge in [-0.1, -0.05) is 6.07 Å². The lowest BCUT2D eigenvalue weighted by Gasteiger charge is -2.32. The van der Waals surface area contributed by atoms with Crippen LogP contribution in [0.15, 0.2) is 17.5 Å². The van der Waals surface area contributed by atoms with Crippen LogP contribution in [0.5, 0.6) is 0 Å². The van der Waals surface area contributed by atoms with Crippen molar-refractivity contribution in [2.75, 3.05) is 28.2 Å². The van der Waals surface area contributed by atoms with E-state index in [9.17, 15) is 9.59 Å². The summed E-state index contributed by atoms with van der Waals surface area (Å²) in [6.07, 6.45) is -0.723. The highest BCUT2D eigenvalue weighted by atomic mass is 32.1. The Morgan fingerprint density at radius 1 is 1.32 bits per heavy atom. The summed E-state index contributed by atoms with van der Waals surface area (Å²) < 4.78 is 0. The zero-order valence-electron chi connectivity index (χ0n) is 11.5. The van der Waals surface area contributed by atoms with E-state index in [1.165, 1.54) is 23.4 Å². The molecule has 0 saturated heterocycles. The van der Waals surface area contributed by atoms with Crippen molar-refractivity contribution in [2.45, 2.75) is 12.5 Å². The van der Waals surface area contributed by atoms with Gasteiger partial charge in [-0.2, -0.15) is 0 Å². The lowest BCUT2D eigenvalue weighted by Crippen LogP contribution is -2.52. The number of likely N-dealkylation sites (N-methyl/N-ethyl adjacent to an activating group) is 2. The predicted molar refractivity (Wildman–Crippen MR) is 74.1 cm³/mol. The smallest absolute Gasteiger partial charge is 0.407 e. The van der Waals surface area contributed by atoms with E-state index in [1.807, 2.05) is 17.5 Å². The van der Waals surface area contributed by atoms with Crippen LogP contribution in [0.3, 0.4) is 0 Å². The van der Waals surface area contributed by atoms with Crippen molar-refractivity contribution in [3.05, 3.63) is 22.4 Å². The fourth-order valence-corrected chi connectivity index (χ4v) is 2.30. The van der Waals surface area contributed by atoms with Gasteiger partial charge in [0.05, 0.1) is 0 Å². The Kier molecular flexibility index (Phi) is 5.31. The molecule has 6 nitrogen and oxygen atoms in total. The summed E-state index contributed by atoms with van der Waals surface area (Å²) in [7, 11) is 6.52. The van der Waals surface area contributed by atoms with E-state index in [0.717, 1.165) is 9.78 Å². The van der Waals surface area contributed by atoms with E-state index >= 15 is 0 Å². The minimum absolute atomic E-state index is 0.247. The molecule has 0 radical (unpaired) electrons. The van der Waals surface area contributed by atoms with Gasteiger partial charge in [-0.3, -0.25) is 14.7 Å². The molecular formula is C12H19N3O3S. The molecule has 0 aromatic carbocycles. The van der Waals surface area contributed by atoms with Crippen LogP contribution >= 0.6 is 11.3 Å². The molecule has 106 valence electrons. The number of nitrogens with zero attached hydrogens (tertiary/aromatic N) is 3. The van der Waals surface area contributed by atoms with Crippen LogP contribution in [0.25, 0.3) is 0 Å². The van der Waals surface area contributed by atoms with Gasteiger partial charge in [-0.25, -0.2) is 9.80 Å². The quantitative estimate of drug-likeness (QED) is 0.826. The maximum atomic E-state index is 12.3. The van der Waals surface area contributed by atoms with Crippen LogP contribution in [0, 0.1) is 0 Å². The van der Waals surface area contributed by atoms with Gasteiger partial charge in [0.1, 0.15) is 6.04 Å². The standard InChI is InChI=1S/C12H19N3O3S/c1-13(2)15(4)11(16)10(14(3)12(17)18)8-9-6-5-7-19-9/h5-7,10H,8H2,1-4H3,(H,17,18). The molecule has 2 amide bonds. The number of hydrogen-bond donors (Lipinski definition) is 1. The third-order valence-electron chi connectivity index (χ3n) is 2.95. The van der Waals surface area contributed by atoms with E-state index in [-0.39, 0.29) is 5.91 Å². The highest BCUT2D eigenvalue weighted by molar-refractivity contribution is 7.09. The van der Waals surface area contributed by atoms with Gasteiger partial charge >= 0.3 is 6.09 Å². The number of hydrazine groups is 1. The number of carboxylic acid groups (broad SMARTS) is 1. The van der Waals surface area contributed by atoms with Gasteiger partial charge in [-0.15, -0.1) is 11.3 Å². The van der Waals surface area contributed by atoms with E-state index in [4.69, 9.17) is 5.11 Å². The zero-order valence-corrected chi connectivity index (χ0v) is 12.3. The van der Waals surface area contributed by atoms with Gasteiger partial charge in [0.15, 0.2) is 0 Å². The summed E-state index contributed by atoms with van der Waals surface area (Å²) in [5.41, 5.74) is 0. The van der Waals surface area contributed by atoms with Gasteiger partial charge in [0.2, 0.25) is 0 Å². The zero-order chi connectivity index (χ0) is 14.6. The fourth-order valence-electron chi connectivity index (χ4n) is 1.56. The van der Waals surface area contributed by atoms with E-state index in [1.54, 1.807) is 26.2 Å². The SMILES string of the molecule is CN(C(=O)O)C(Cc1cccs1)C(=O)N(C)N(C)C. The highest BCUT2D eigenvalue weighted by Gasteiger charge is 2.30. The second-order valence-corrected chi connectivity index (χ2v) is 5.43. The van der Waals surface area contributed by atoms with Crippen LogP contribution in [0.1, 0.15) is 4.88 Å². The Labute approximate surface area is 116 Å². The maximum absolute atomic E-state index is 12.3. The first-order valence-corrected chi connectivity index (χ1v) is 6.65. The average molecular weight is 285 g/mol. The number of hydrogen-bond acceptors (Lipinski definition) is 4. The third kappa shape index (κ3) is 3.93. The van der Waals surface area contributed by atoms with Gasteiger partial charge < -0.3 is 5.11 Å². The van der Waals surface area contributed by atoms with Crippen LogP contribution in [0.2, 0.25) is 0 Å². The number of amides is 2. The second-order valence-electron chi connectivity index (χ2n) is 4.40. The number of thiophene rings is 1. The second kappa shape index (κ2) is 6.53. The number of carbonyl (C=O) groups excluding carboxylic acids is 1. The Morgan fingerprint density at radius 2 is 1.95 bits per heavy atom. The minimum atomic E-state index is -1.11. The third-order valence-corrected chi connectivity index (χ3v) is 3.85. The first-order valence-electron chi connectivity index (χ1n) is 5.77. The molecule has 7 heteroatoms. The summed E-state index contributed by atoms with van der Waals surface area (Å²) >= 11 is 1.51. The van der Waals surface area contributed by atoms with Crippen LogP contribution < -0.4 is 0 Å². The van der Waals surface area contributed by atoms with Crippen molar-refractivity contribution in [3.8, 4) is 0 Å². The van der Waals surface area contributed by atoms with Crippen LogP contribution in [-0.2, 0) is 11.2 Å². The Bertz CT molecular complexity index is 433. The summed E-state index contributed by atoms with van der Waals surface area (Å²) in [6, 6.07) is 3.07. The van der Waals surface area contributed by atoms with E-state index in [0.29, 0.717) is 6.42 Å². The lowest BCUT2D eigenvalue weighted by molar-refractivity contribution is -0.146. The van der Waals surface area contributed by atoms with Crippen LogP contribution in [0.4, 0.5) is 4.79 Å². The molecule has 0 fully saturated rings.